The van der Waals surface area contributed by atoms with Gasteiger partial charge in [0.25, 0.3) is 0 Å². The standard InChI is InChI=1S/C14H26N2O2/c1-2-14(13(17)18,15-12-6-7-12)8-5-11-16-9-3-4-10-16/h12,15H,2-11H2,1H3,(H,17,18). The lowest BCUT2D eigenvalue weighted by Gasteiger charge is -2.30. The quantitative estimate of drug-likeness (QED) is 0.694. The Labute approximate surface area is 110 Å². The maximum absolute atomic E-state index is 11.6. The Balaban J connectivity index is 1.81. The molecular weight excluding hydrogens is 228 g/mol. The number of likely N-dealkylation sites (tertiary alicyclic amines) is 1. The zero-order valence-corrected chi connectivity index (χ0v) is 11.5. The van der Waals surface area contributed by atoms with Gasteiger partial charge in [-0.1, -0.05) is 6.92 Å². The zero-order chi connectivity index (χ0) is 13.0. The molecule has 0 bridgehead atoms. The van der Waals surface area contributed by atoms with Crippen molar-refractivity contribution in [1.82, 2.24) is 10.2 Å². The van der Waals surface area contributed by atoms with Gasteiger partial charge < -0.3 is 10.0 Å². The highest BCUT2D eigenvalue weighted by Crippen LogP contribution is 2.27. The monoisotopic (exact) mass is 254 g/mol. The molecule has 104 valence electrons. The third-order valence-electron chi connectivity index (χ3n) is 4.35. The van der Waals surface area contributed by atoms with E-state index in [4.69, 9.17) is 0 Å². The van der Waals surface area contributed by atoms with E-state index in [1.54, 1.807) is 0 Å². The van der Waals surface area contributed by atoms with E-state index < -0.39 is 11.5 Å². The SMILES string of the molecule is CCC(CCCN1CCCC1)(NC1CC1)C(=O)O. The van der Waals surface area contributed by atoms with Crippen molar-refractivity contribution in [2.45, 2.75) is 63.5 Å². The van der Waals surface area contributed by atoms with Crippen LogP contribution in [0.15, 0.2) is 0 Å². The van der Waals surface area contributed by atoms with Crippen LogP contribution in [0.2, 0.25) is 0 Å². The Kier molecular flexibility index (Phi) is 4.62. The fraction of sp³-hybridized carbons (Fsp3) is 0.929. The second-order valence-electron chi connectivity index (χ2n) is 5.81. The predicted molar refractivity (Wildman–Crippen MR) is 71.7 cm³/mol. The lowest BCUT2D eigenvalue weighted by molar-refractivity contribution is -0.145. The highest BCUT2D eigenvalue weighted by Gasteiger charge is 2.40. The molecule has 4 heteroatoms. The molecule has 1 saturated heterocycles. The molecule has 18 heavy (non-hydrogen) atoms. The third kappa shape index (κ3) is 3.45. The predicted octanol–water partition coefficient (Wildman–Crippen LogP) is 1.85. The Morgan fingerprint density at radius 2 is 2.06 bits per heavy atom. The van der Waals surface area contributed by atoms with Crippen LogP contribution in [0.1, 0.15) is 51.9 Å². The first-order chi connectivity index (χ1) is 8.66. The minimum Gasteiger partial charge on any atom is -0.480 e. The van der Waals surface area contributed by atoms with Crippen molar-refractivity contribution in [2.75, 3.05) is 19.6 Å². The lowest BCUT2D eigenvalue weighted by Crippen LogP contribution is -2.53. The summed E-state index contributed by atoms with van der Waals surface area (Å²) in [4.78, 5) is 14.0. The molecule has 1 aliphatic heterocycles. The molecule has 0 aromatic carbocycles. The molecule has 2 aliphatic rings. The van der Waals surface area contributed by atoms with Crippen LogP contribution in [0, 0.1) is 0 Å². The normalized spacial score (nSPS) is 24.1. The molecule has 0 spiro atoms. The van der Waals surface area contributed by atoms with Crippen LogP contribution in [0.5, 0.6) is 0 Å². The van der Waals surface area contributed by atoms with Gasteiger partial charge in [0.15, 0.2) is 0 Å². The van der Waals surface area contributed by atoms with Crippen LogP contribution >= 0.6 is 0 Å². The molecular formula is C14H26N2O2. The third-order valence-corrected chi connectivity index (χ3v) is 4.35. The Morgan fingerprint density at radius 1 is 1.39 bits per heavy atom. The van der Waals surface area contributed by atoms with Crippen molar-refractivity contribution < 1.29 is 9.90 Å². The summed E-state index contributed by atoms with van der Waals surface area (Å²) in [5.41, 5.74) is -0.680. The summed E-state index contributed by atoms with van der Waals surface area (Å²) in [5, 5.41) is 12.9. The minimum atomic E-state index is -0.680. The zero-order valence-electron chi connectivity index (χ0n) is 11.5. The van der Waals surface area contributed by atoms with Gasteiger partial charge in [-0.05, 0) is 64.6 Å². The molecule has 2 fully saturated rings. The van der Waals surface area contributed by atoms with Gasteiger partial charge in [-0.25, -0.2) is 0 Å². The molecule has 0 aromatic rings. The second-order valence-corrected chi connectivity index (χ2v) is 5.81. The van der Waals surface area contributed by atoms with Crippen LogP contribution in [-0.4, -0.2) is 47.2 Å². The number of rotatable bonds is 8. The molecule has 1 unspecified atom stereocenters. The highest BCUT2D eigenvalue weighted by atomic mass is 16.4. The van der Waals surface area contributed by atoms with Gasteiger partial charge in [-0.3, -0.25) is 10.1 Å². The number of nitrogens with zero attached hydrogens (tertiary/aromatic N) is 1. The average Bonchev–Trinajstić information content (AvgIpc) is 3.01. The van der Waals surface area contributed by atoms with Crippen molar-refractivity contribution in [3.63, 3.8) is 0 Å². The molecule has 4 nitrogen and oxygen atoms in total. The number of hydrogen-bond acceptors (Lipinski definition) is 3. The summed E-state index contributed by atoms with van der Waals surface area (Å²) in [6.45, 7) is 5.44. The Hall–Kier alpha value is -0.610. The largest absolute Gasteiger partial charge is 0.480 e. The first-order valence-electron chi connectivity index (χ1n) is 7.40. The van der Waals surface area contributed by atoms with Gasteiger partial charge >= 0.3 is 5.97 Å². The second kappa shape index (κ2) is 6.02. The van der Waals surface area contributed by atoms with Crippen molar-refractivity contribution in [3.8, 4) is 0 Å². The van der Waals surface area contributed by atoms with Crippen LogP contribution in [-0.2, 0) is 4.79 Å². The molecule has 2 rings (SSSR count). The van der Waals surface area contributed by atoms with Crippen molar-refractivity contribution in [2.24, 2.45) is 0 Å². The number of nitrogens with one attached hydrogen (secondary N) is 1. The van der Waals surface area contributed by atoms with Crippen molar-refractivity contribution >= 4 is 5.97 Å². The number of hydrogen-bond donors (Lipinski definition) is 2. The van der Waals surface area contributed by atoms with E-state index in [0.717, 1.165) is 32.2 Å². The molecule has 2 N–H and O–H groups in total. The van der Waals surface area contributed by atoms with Crippen molar-refractivity contribution in [3.05, 3.63) is 0 Å². The maximum Gasteiger partial charge on any atom is 0.323 e. The summed E-state index contributed by atoms with van der Waals surface area (Å²) < 4.78 is 0. The number of carboxylic acid groups (broad SMARTS) is 1. The number of carboxylic acids is 1. The molecule has 0 aromatic heterocycles. The number of aliphatic carboxylic acids is 1. The first-order valence-corrected chi connectivity index (χ1v) is 7.40. The highest BCUT2D eigenvalue weighted by molar-refractivity contribution is 5.78. The fourth-order valence-corrected chi connectivity index (χ4v) is 2.90. The van der Waals surface area contributed by atoms with Gasteiger partial charge in [0.2, 0.25) is 0 Å². The van der Waals surface area contributed by atoms with Gasteiger partial charge in [0.1, 0.15) is 5.54 Å². The maximum atomic E-state index is 11.6. The van der Waals surface area contributed by atoms with Gasteiger partial charge in [0.05, 0.1) is 0 Å². The van der Waals surface area contributed by atoms with E-state index in [-0.39, 0.29) is 0 Å². The van der Waals surface area contributed by atoms with Gasteiger partial charge in [0, 0.05) is 6.04 Å². The molecule has 0 amide bonds. The number of carbonyl (C=O) groups is 1. The van der Waals surface area contributed by atoms with E-state index in [9.17, 15) is 9.90 Å². The first kappa shape index (κ1) is 13.8. The van der Waals surface area contributed by atoms with Gasteiger partial charge in [-0.15, -0.1) is 0 Å². The summed E-state index contributed by atoms with van der Waals surface area (Å²) in [7, 11) is 0. The Morgan fingerprint density at radius 3 is 2.56 bits per heavy atom. The summed E-state index contributed by atoms with van der Waals surface area (Å²) in [6.07, 6.45) is 7.31. The summed E-state index contributed by atoms with van der Waals surface area (Å²) in [6, 6.07) is 0.452. The van der Waals surface area contributed by atoms with Crippen molar-refractivity contribution in [1.29, 1.82) is 0 Å². The van der Waals surface area contributed by atoms with E-state index in [2.05, 4.69) is 10.2 Å². The minimum absolute atomic E-state index is 0.452. The molecule has 1 aliphatic carbocycles. The topological polar surface area (TPSA) is 52.6 Å². The van der Waals surface area contributed by atoms with Crippen LogP contribution in [0.25, 0.3) is 0 Å². The van der Waals surface area contributed by atoms with E-state index >= 15 is 0 Å². The van der Waals surface area contributed by atoms with Crippen LogP contribution in [0.4, 0.5) is 0 Å². The summed E-state index contributed by atoms with van der Waals surface area (Å²) in [5.74, 6) is -0.668. The fourth-order valence-electron chi connectivity index (χ4n) is 2.90. The van der Waals surface area contributed by atoms with Gasteiger partial charge in [-0.2, -0.15) is 0 Å². The van der Waals surface area contributed by atoms with Crippen LogP contribution < -0.4 is 5.32 Å². The average molecular weight is 254 g/mol. The van der Waals surface area contributed by atoms with Crippen LogP contribution in [0.3, 0.4) is 0 Å². The molecule has 1 heterocycles. The van der Waals surface area contributed by atoms with E-state index in [0.29, 0.717) is 12.5 Å². The molecule has 1 saturated carbocycles. The smallest absolute Gasteiger partial charge is 0.323 e. The lowest BCUT2D eigenvalue weighted by atomic mass is 9.90. The molecule has 1 atom stereocenters. The van der Waals surface area contributed by atoms with E-state index in [1.165, 1.54) is 25.9 Å². The summed E-state index contributed by atoms with van der Waals surface area (Å²) >= 11 is 0. The Bertz CT molecular complexity index is 286. The van der Waals surface area contributed by atoms with E-state index in [1.807, 2.05) is 6.92 Å². The molecule has 0 radical (unpaired) electrons.